The van der Waals surface area contributed by atoms with Crippen molar-refractivity contribution in [3.05, 3.63) is 29.0 Å². The Hall–Kier alpha value is -1.13. The van der Waals surface area contributed by atoms with Gasteiger partial charge in [0.25, 0.3) is 0 Å². The van der Waals surface area contributed by atoms with E-state index < -0.39 is 0 Å². The van der Waals surface area contributed by atoms with Crippen LogP contribution in [0.3, 0.4) is 0 Å². The maximum atomic E-state index is 9.58. The molecule has 2 aromatic rings. The molecule has 4 heteroatoms. The van der Waals surface area contributed by atoms with Crippen LogP contribution < -0.4 is 0 Å². The fourth-order valence-electron chi connectivity index (χ4n) is 2.71. The van der Waals surface area contributed by atoms with E-state index >= 15 is 0 Å². The van der Waals surface area contributed by atoms with E-state index in [2.05, 4.69) is 23.0 Å². The summed E-state index contributed by atoms with van der Waals surface area (Å²) in [5.41, 5.74) is 2.34. The van der Waals surface area contributed by atoms with E-state index in [1.807, 2.05) is 23.7 Å². The van der Waals surface area contributed by atoms with Gasteiger partial charge in [0.2, 0.25) is 0 Å². The molecule has 1 fully saturated rings. The maximum Gasteiger partial charge on any atom is 0.125 e. The zero-order valence-corrected chi connectivity index (χ0v) is 11.3. The fraction of sp³-hybridized carbons (Fsp3) is 0.500. The van der Waals surface area contributed by atoms with E-state index in [4.69, 9.17) is 0 Å². The Labute approximate surface area is 111 Å². The number of aliphatic hydroxyl groups is 1. The predicted octanol–water partition coefficient (Wildman–Crippen LogP) is 3.47. The molecule has 0 bridgehead atoms. The number of aliphatic hydroxyl groups excluding tert-OH is 1. The van der Waals surface area contributed by atoms with Gasteiger partial charge in [0.05, 0.1) is 11.8 Å². The lowest BCUT2D eigenvalue weighted by Crippen LogP contribution is -2.16. The van der Waals surface area contributed by atoms with Crippen LogP contribution in [0.1, 0.15) is 42.2 Å². The number of aryl methyl sites for hydroxylation is 1. The molecule has 2 heterocycles. The number of hydrogen-bond donors (Lipinski definition) is 2. The number of hydrogen-bond acceptors (Lipinski definition) is 3. The number of nitrogens with zero attached hydrogens (tertiary/aromatic N) is 1. The van der Waals surface area contributed by atoms with E-state index in [1.54, 1.807) is 0 Å². The Morgan fingerprint density at radius 1 is 1.33 bits per heavy atom. The molecule has 0 aliphatic heterocycles. The Morgan fingerprint density at radius 3 is 2.78 bits per heavy atom. The molecular weight excluding hydrogens is 244 g/mol. The molecule has 0 amide bonds. The Kier molecular flexibility index (Phi) is 3.22. The highest BCUT2D eigenvalue weighted by atomic mass is 32.1. The lowest BCUT2D eigenvalue weighted by molar-refractivity contribution is 0.123. The van der Waals surface area contributed by atoms with E-state index in [1.165, 1.54) is 10.4 Å². The number of aromatic amines is 1. The van der Waals surface area contributed by atoms with Crippen LogP contribution >= 0.6 is 11.3 Å². The predicted molar refractivity (Wildman–Crippen MR) is 73.9 cm³/mol. The molecule has 0 radical (unpaired) electrons. The van der Waals surface area contributed by atoms with Crippen molar-refractivity contribution in [1.82, 2.24) is 9.97 Å². The van der Waals surface area contributed by atoms with Gasteiger partial charge in [-0.25, -0.2) is 4.98 Å². The van der Waals surface area contributed by atoms with E-state index in [-0.39, 0.29) is 6.10 Å². The van der Waals surface area contributed by atoms with Crippen molar-refractivity contribution in [2.45, 2.75) is 44.6 Å². The zero-order chi connectivity index (χ0) is 12.5. The quantitative estimate of drug-likeness (QED) is 0.870. The average molecular weight is 262 g/mol. The van der Waals surface area contributed by atoms with Gasteiger partial charge in [-0.1, -0.05) is 0 Å². The first kappa shape index (κ1) is 11.9. The third kappa shape index (κ3) is 2.22. The topological polar surface area (TPSA) is 48.9 Å². The van der Waals surface area contributed by atoms with Gasteiger partial charge in [-0.3, -0.25) is 0 Å². The van der Waals surface area contributed by atoms with Gasteiger partial charge >= 0.3 is 0 Å². The van der Waals surface area contributed by atoms with Crippen LogP contribution in [-0.4, -0.2) is 21.2 Å². The molecule has 18 heavy (non-hydrogen) atoms. The molecule has 2 N–H and O–H groups in total. The summed E-state index contributed by atoms with van der Waals surface area (Å²) in [6.07, 6.45) is 7.89. The SMILES string of the molecule is Cc1nc(-c2cc[nH]c2)sc1C1CCC(O)CC1. The molecular formula is C14H18N2OS. The van der Waals surface area contributed by atoms with Crippen LogP contribution in [0.25, 0.3) is 10.6 Å². The highest BCUT2D eigenvalue weighted by Gasteiger charge is 2.24. The third-order valence-corrected chi connectivity index (χ3v) is 5.11. The van der Waals surface area contributed by atoms with Crippen molar-refractivity contribution in [2.24, 2.45) is 0 Å². The molecule has 0 spiro atoms. The van der Waals surface area contributed by atoms with Gasteiger partial charge in [0.15, 0.2) is 0 Å². The molecule has 0 atom stereocenters. The second kappa shape index (κ2) is 4.86. The number of nitrogens with one attached hydrogen (secondary N) is 1. The monoisotopic (exact) mass is 262 g/mol. The average Bonchev–Trinajstić information content (AvgIpc) is 2.99. The van der Waals surface area contributed by atoms with Crippen molar-refractivity contribution < 1.29 is 5.11 Å². The third-order valence-electron chi connectivity index (χ3n) is 3.74. The van der Waals surface area contributed by atoms with Crippen LogP contribution in [0.4, 0.5) is 0 Å². The van der Waals surface area contributed by atoms with E-state index in [0.29, 0.717) is 5.92 Å². The first-order chi connectivity index (χ1) is 8.74. The normalized spacial score (nSPS) is 24.3. The summed E-state index contributed by atoms with van der Waals surface area (Å²) in [5, 5.41) is 10.7. The number of H-pyrrole nitrogens is 1. The van der Waals surface area contributed by atoms with Crippen LogP contribution in [0.2, 0.25) is 0 Å². The van der Waals surface area contributed by atoms with Gasteiger partial charge in [0, 0.05) is 22.8 Å². The van der Waals surface area contributed by atoms with E-state index in [0.717, 1.165) is 36.4 Å². The Balaban J connectivity index is 1.85. The molecule has 96 valence electrons. The molecule has 3 nitrogen and oxygen atoms in total. The zero-order valence-electron chi connectivity index (χ0n) is 10.5. The minimum absolute atomic E-state index is 0.0846. The van der Waals surface area contributed by atoms with Crippen molar-refractivity contribution in [1.29, 1.82) is 0 Å². The van der Waals surface area contributed by atoms with Crippen molar-refractivity contribution in [3.8, 4) is 10.6 Å². The molecule has 1 saturated carbocycles. The lowest BCUT2D eigenvalue weighted by atomic mass is 9.86. The van der Waals surface area contributed by atoms with Gasteiger partial charge in [-0.15, -0.1) is 11.3 Å². The fourth-order valence-corrected chi connectivity index (χ4v) is 3.94. The molecule has 0 unspecified atom stereocenters. The molecule has 0 aromatic carbocycles. The summed E-state index contributed by atoms with van der Waals surface area (Å²) in [7, 11) is 0. The second-order valence-corrected chi connectivity index (χ2v) is 6.10. The van der Waals surface area contributed by atoms with Gasteiger partial charge in [0.1, 0.15) is 5.01 Å². The Morgan fingerprint density at radius 2 is 2.11 bits per heavy atom. The summed E-state index contributed by atoms with van der Waals surface area (Å²) in [5.74, 6) is 0.596. The van der Waals surface area contributed by atoms with Crippen LogP contribution in [-0.2, 0) is 0 Å². The highest BCUT2D eigenvalue weighted by molar-refractivity contribution is 7.15. The van der Waals surface area contributed by atoms with Crippen molar-refractivity contribution in [2.75, 3.05) is 0 Å². The number of aromatic nitrogens is 2. The number of thiazole rings is 1. The van der Waals surface area contributed by atoms with Crippen LogP contribution in [0.15, 0.2) is 18.5 Å². The molecule has 3 rings (SSSR count). The summed E-state index contributed by atoms with van der Waals surface area (Å²) in [4.78, 5) is 9.17. The lowest BCUT2D eigenvalue weighted by Gasteiger charge is -2.24. The minimum Gasteiger partial charge on any atom is -0.393 e. The van der Waals surface area contributed by atoms with Gasteiger partial charge < -0.3 is 10.1 Å². The van der Waals surface area contributed by atoms with Crippen molar-refractivity contribution in [3.63, 3.8) is 0 Å². The van der Waals surface area contributed by atoms with E-state index in [9.17, 15) is 5.11 Å². The van der Waals surface area contributed by atoms with Gasteiger partial charge in [-0.2, -0.15) is 0 Å². The molecule has 2 aromatic heterocycles. The summed E-state index contributed by atoms with van der Waals surface area (Å²) >= 11 is 1.81. The number of rotatable bonds is 2. The first-order valence-electron chi connectivity index (χ1n) is 6.52. The first-order valence-corrected chi connectivity index (χ1v) is 7.34. The molecule has 1 aliphatic rings. The molecule has 1 aliphatic carbocycles. The Bertz CT molecular complexity index is 510. The maximum absolute atomic E-state index is 9.58. The summed E-state index contributed by atoms with van der Waals surface area (Å²) in [6, 6.07) is 2.06. The molecule has 0 saturated heterocycles. The standard InChI is InChI=1S/C14H18N2OS/c1-9-13(10-2-4-12(17)5-3-10)18-14(16-9)11-6-7-15-8-11/h6-8,10,12,15,17H,2-5H2,1H3. The smallest absolute Gasteiger partial charge is 0.125 e. The highest BCUT2D eigenvalue weighted by Crippen LogP contribution is 2.39. The van der Waals surface area contributed by atoms with Crippen LogP contribution in [0, 0.1) is 6.92 Å². The largest absolute Gasteiger partial charge is 0.393 e. The second-order valence-electron chi connectivity index (χ2n) is 5.07. The van der Waals surface area contributed by atoms with Crippen molar-refractivity contribution >= 4 is 11.3 Å². The van der Waals surface area contributed by atoms with Gasteiger partial charge in [-0.05, 0) is 44.6 Å². The minimum atomic E-state index is -0.0846. The summed E-state index contributed by atoms with van der Waals surface area (Å²) < 4.78 is 0. The summed E-state index contributed by atoms with van der Waals surface area (Å²) in [6.45, 7) is 2.10. The van der Waals surface area contributed by atoms with Crippen LogP contribution in [0.5, 0.6) is 0 Å².